The van der Waals surface area contributed by atoms with Crippen molar-refractivity contribution in [3.63, 3.8) is 0 Å². The second-order valence-electron chi connectivity index (χ2n) is 11.4. The third-order valence-electron chi connectivity index (χ3n) is 7.94. The highest BCUT2D eigenvalue weighted by Gasteiger charge is 2.39. The number of rotatable bonds is 5. The number of nitrogens with two attached hydrogens (primary N) is 1. The summed E-state index contributed by atoms with van der Waals surface area (Å²) in [5.41, 5.74) is 7.91. The fourth-order valence-corrected chi connectivity index (χ4v) is 5.04. The fourth-order valence-electron chi connectivity index (χ4n) is 5.04. The minimum Gasteiger partial charge on any atom is -0.492 e. The Morgan fingerprint density at radius 1 is 1.11 bits per heavy atom. The number of benzene rings is 2. The molecule has 1 aliphatic heterocycles. The largest absolute Gasteiger partial charge is 0.492 e. The molecular weight excluding hydrogens is 583 g/mol. The SMILES string of the molecule is CC(=O)ON=C(N)c1ccc(C[C@H]2NC(=O)[C@@H](C)N(C)C(=O)[C@H](C3CC3)NCCOc3cc(F)ccc3CCCNC2=O)cc1. The Balaban J connectivity index is 1.54. The first-order chi connectivity index (χ1) is 21.5. The van der Waals surface area contributed by atoms with Gasteiger partial charge in [0.05, 0.1) is 6.04 Å². The average Bonchev–Trinajstić information content (AvgIpc) is 3.86. The van der Waals surface area contributed by atoms with E-state index in [9.17, 15) is 23.6 Å². The molecule has 2 aliphatic rings. The van der Waals surface area contributed by atoms with Crippen LogP contribution in [0.25, 0.3) is 0 Å². The van der Waals surface area contributed by atoms with Gasteiger partial charge in [-0.1, -0.05) is 35.5 Å². The molecule has 4 rings (SSSR count). The van der Waals surface area contributed by atoms with Gasteiger partial charge in [-0.15, -0.1) is 0 Å². The lowest BCUT2D eigenvalue weighted by Crippen LogP contribution is -2.56. The van der Waals surface area contributed by atoms with E-state index < -0.39 is 41.7 Å². The van der Waals surface area contributed by atoms with E-state index >= 15 is 0 Å². The van der Waals surface area contributed by atoms with Gasteiger partial charge in [-0.25, -0.2) is 9.18 Å². The number of amidine groups is 1. The number of oxime groups is 1. The summed E-state index contributed by atoms with van der Waals surface area (Å²) in [7, 11) is 1.58. The number of likely N-dealkylation sites (N-methyl/N-ethyl adjacent to an activating group) is 1. The minimum atomic E-state index is -0.942. The third kappa shape index (κ3) is 9.48. The van der Waals surface area contributed by atoms with Gasteiger partial charge in [-0.3, -0.25) is 14.4 Å². The molecule has 0 saturated heterocycles. The summed E-state index contributed by atoms with van der Waals surface area (Å²) >= 11 is 0. The van der Waals surface area contributed by atoms with Crippen molar-refractivity contribution in [3.8, 4) is 5.75 Å². The Kier molecular flexibility index (Phi) is 11.5. The first-order valence-electron chi connectivity index (χ1n) is 15.1. The number of hydrogen-bond acceptors (Lipinski definition) is 8. The summed E-state index contributed by atoms with van der Waals surface area (Å²) in [6.07, 6.45) is 3.04. The van der Waals surface area contributed by atoms with Crippen molar-refractivity contribution in [1.82, 2.24) is 20.9 Å². The highest BCUT2D eigenvalue weighted by molar-refractivity contribution is 5.97. The maximum Gasteiger partial charge on any atom is 0.332 e. The lowest BCUT2D eigenvalue weighted by molar-refractivity contribution is -0.141. The molecule has 1 heterocycles. The molecule has 3 amide bonds. The second-order valence-corrected chi connectivity index (χ2v) is 11.4. The van der Waals surface area contributed by atoms with Crippen molar-refractivity contribution in [1.29, 1.82) is 0 Å². The van der Waals surface area contributed by atoms with Crippen LogP contribution >= 0.6 is 0 Å². The number of nitrogens with zero attached hydrogens (tertiary/aromatic N) is 2. The summed E-state index contributed by atoms with van der Waals surface area (Å²) in [5, 5.41) is 12.6. The van der Waals surface area contributed by atoms with Crippen LogP contribution in [0.4, 0.5) is 4.39 Å². The number of fused-ring (bicyclic) bond motifs is 1. The van der Waals surface area contributed by atoms with Gasteiger partial charge in [0, 0.05) is 45.1 Å². The highest BCUT2D eigenvalue weighted by Crippen LogP contribution is 2.33. The number of ether oxygens (including phenoxy) is 1. The van der Waals surface area contributed by atoms with Crippen molar-refractivity contribution >= 4 is 29.5 Å². The number of hydrogen-bond donors (Lipinski definition) is 4. The normalized spacial score (nSPS) is 22.7. The Labute approximate surface area is 261 Å². The molecule has 13 heteroatoms. The Bertz CT molecular complexity index is 1410. The van der Waals surface area contributed by atoms with Gasteiger partial charge in [-0.2, -0.15) is 0 Å². The number of halogens is 1. The molecule has 0 radical (unpaired) electrons. The molecule has 0 aromatic heterocycles. The molecule has 45 heavy (non-hydrogen) atoms. The van der Waals surface area contributed by atoms with Crippen molar-refractivity contribution in [2.24, 2.45) is 16.8 Å². The Morgan fingerprint density at radius 2 is 1.84 bits per heavy atom. The van der Waals surface area contributed by atoms with E-state index in [1.807, 2.05) is 0 Å². The molecule has 2 aromatic rings. The number of amides is 3. The first kappa shape index (κ1) is 33.4. The zero-order valence-corrected chi connectivity index (χ0v) is 25.8. The van der Waals surface area contributed by atoms with Gasteiger partial charge >= 0.3 is 5.97 Å². The highest BCUT2D eigenvalue weighted by atomic mass is 19.1. The number of aryl methyl sites for hydroxylation is 1. The number of carbonyl (C=O) groups is 4. The quantitative estimate of drug-likeness (QED) is 0.168. The standard InChI is InChI=1S/C32H41FN6O6/c1-19-30(41)37-26(17-21-6-8-24(9-7-21)29(34)38-45-20(2)40)31(42)36-14-4-5-22-12-13-25(33)18-27(22)44-16-15-35-28(23-10-11-23)32(43)39(19)3/h6-9,12-13,18-19,23,26,28,35H,4-5,10-11,14-17H2,1-3H3,(H2,34,38)(H,36,42)(H,37,41)/t19-,26-,28+/m1/s1. The maximum atomic E-state index is 14.0. The topological polar surface area (TPSA) is 164 Å². The molecule has 0 bridgehead atoms. The van der Waals surface area contributed by atoms with Crippen LogP contribution in [0.15, 0.2) is 47.6 Å². The van der Waals surface area contributed by atoms with Crippen LogP contribution < -0.4 is 26.4 Å². The van der Waals surface area contributed by atoms with Crippen LogP contribution in [-0.2, 0) is 36.9 Å². The molecule has 1 fully saturated rings. The van der Waals surface area contributed by atoms with Crippen LogP contribution in [0.3, 0.4) is 0 Å². The van der Waals surface area contributed by atoms with Crippen LogP contribution in [0.5, 0.6) is 5.75 Å². The van der Waals surface area contributed by atoms with Crippen LogP contribution in [-0.4, -0.2) is 79.3 Å². The van der Waals surface area contributed by atoms with Crippen molar-refractivity contribution in [3.05, 3.63) is 65.0 Å². The number of carbonyl (C=O) groups excluding carboxylic acids is 4. The molecule has 242 valence electrons. The first-order valence-corrected chi connectivity index (χ1v) is 15.1. The molecule has 1 aliphatic carbocycles. The predicted molar refractivity (Wildman–Crippen MR) is 165 cm³/mol. The summed E-state index contributed by atoms with van der Waals surface area (Å²) in [4.78, 5) is 57.3. The molecule has 0 unspecified atom stereocenters. The molecule has 12 nitrogen and oxygen atoms in total. The molecular formula is C32H41FN6O6. The monoisotopic (exact) mass is 624 g/mol. The van der Waals surface area contributed by atoms with E-state index in [0.717, 1.165) is 24.0 Å². The van der Waals surface area contributed by atoms with E-state index in [-0.39, 0.29) is 30.7 Å². The average molecular weight is 625 g/mol. The van der Waals surface area contributed by atoms with Crippen molar-refractivity contribution < 1.29 is 33.1 Å². The van der Waals surface area contributed by atoms with Gasteiger partial charge < -0.3 is 36.2 Å². The van der Waals surface area contributed by atoms with E-state index in [1.165, 1.54) is 24.0 Å². The van der Waals surface area contributed by atoms with E-state index in [1.54, 1.807) is 44.3 Å². The van der Waals surface area contributed by atoms with Gasteiger partial charge in [0.1, 0.15) is 30.3 Å². The molecule has 2 aromatic carbocycles. The molecule has 5 N–H and O–H groups in total. The van der Waals surface area contributed by atoms with Gasteiger partial charge in [-0.05, 0) is 55.7 Å². The molecule has 0 spiro atoms. The van der Waals surface area contributed by atoms with Crippen LogP contribution in [0, 0.1) is 11.7 Å². The Morgan fingerprint density at radius 3 is 2.53 bits per heavy atom. The fraction of sp³-hybridized carbons (Fsp3) is 0.469. The van der Waals surface area contributed by atoms with Crippen LogP contribution in [0.2, 0.25) is 0 Å². The summed E-state index contributed by atoms with van der Waals surface area (Å²) in [5.74, 6) is -1.50. The lowest BCUT2D eigenvalue weighted by Gasteiger charge is -2.30. The van der Waals surface area contributed by atoms with E-state index in [2.05, 4.69) is 25.9 Å². The lowest BCUT2D eigenvalue weighted by atomic mass is 10.0. The van der Waals surface area contributed by atoms with Gasteiger partial charge in [0.2, 0.25) is 17.7 Å². The van der Waals surface area contributed by atoms with Crippen molar-refractivity contribution in [2.45, 2.75) is 64.1 Å². The minimum absolute atomic E-state index is 0.00856. The summed E-state index contributed by atoms with van der Waals surface area (Å²) < 4.78 is 19.9. The third-order valence-corrected chi connectivity index (χ3v) is 7.94. The van der Waals surface area contributed by atoms with E-state index in [0.29, 0.717) is 37.2 Å². The van der Waals surface area contributed by atoms with E-state index in [4.69, 9.17) is 10.5 Å². The molecule has 1 saturated carbocycles. The summed E-state index contributed by atoms with van der Waals surface area (Å²) in [6, 6.07) is 8.91. The van der Waals surface area contributed by atoms with Gasteiger partial charge in [0.25, 0.3) is 0 Å². The second kappa shape index (κ2) is 15.5. The predicted octanol–water partition coefficient (Wildman–Crippen LogP) is 1.39. The zero-order chi connectivity index (χ0) is 32.5. The number of nitrogens with one attached hydrogen (secondary N) is 3. The van der Waals surface area contributed by atoms with Crippen molar-refractivity contribution in [2.75, 3.05) is 26.7 Å². The zero-order valence-electron chi connectivity index (χ0n) is 25.8. The molecule has 3 atom stereocenters. The summed E-state index contributed by atoms with van der Waals surface area (Å²) in [6.45, 7) is 3.75. The Hall–Kier alpha value is -4.52. The van der Waals surface area contributed by atoms with Gasteiger partial charge in [0.15, 0.2) is 5.84 Å². The van der Waals surface area contributed by atoms with Crippen LogP contribution in [0.1, 0.15) is 49.8 Å². The maximum absolute atomic E-state index is 14.0. The smallest absolute Gasteiger partial charge is 0.332 e.